The van der Waals surface area contributed by atoms with Crippen molar-refractivity contribution in [3.8, 4) is 11.8 Å². The van der Waals surface area contributed by atoms with Gasteiger partial charge in [0.25, 0.3) is 0 Å². The average Bonchev–Trinajstić information content (AvgIpc) is 3.20. The Hall–Kier alpha value is -3.03. The van der Waals surface area contributed by atoms with E-state index in [0.717, 1.165) is 0 Å². The molecule has 9 heteroatoms. The summed E-state index contributed by atoms with van der Waals surface area (Å²) in [4.78, 5) is 12.8. The summed E-state index contributed by atoms with van der Waals surface area (Å²) in [6.07, 6.45) is 0.124. The van der Waals surface area contributed by atoms with Crippen molar-refractivity contribution in [1.82, 2.24) is 19.5 Å². The minimum atomic E-state index is -1.64. The molecular formula is C19H19N5O4. The third kappa shape index (κ3) is 2.98. The van der Waals surface area contributed by atoms with Crippen molar-refractivity contribution < 1.29 is 20.1 Å². The van der Waals surface area contributed by atoms with Crippen molar-refractivity contribution in [2.45, 2.75) is 31.0 Å². The Morgan fingerprint density at radius 2 is 2.11 bits per heavy atom. The van der Waals surface area contributed by atoms with Gasteiger partial charge in [0.1, 0.15) is 35.0 Å². The highest BCUT2D eigenvalue weighted by molar-refractivity contribution is 5.86. The van der Waals surface area contributed by atoms with Gasteiger partial charge in [-0.15, -0.1) is 0 Å². The molecule has 0 bridgehead atoms. The summed E-state index contributed by atoms with van der Waals surface area (Å²) in [5, 5.41) is 30.9. The van der Waals surface area contributed by atoms with Gasteiger partial charge in [0.15, 0.2) is 6.23 Å². The number of rotatable bonds is 2. The number of nitrogens with zero attached hydrogens (tertiary/aromatic N) is 4. The molecule has 28 heavy (non-hydrogen) atoms. The maximum Gasteiger partial charge on any atom is 0.209 e. The SMILES string of the molecule is C[C@@]1(O)[C@H](O)[C@@H](CO)O[C@H]1n1ccc2c(N)nc(C#Cc3ccccn3)nc21. The molecule has 3 aromatic rings. The molecule has 4 rings (SSSR count). The second kappa shape index (κ2) is 6.85. The van der Waals surface area contributed by atoms with Crippen molar-refractivity contribution in [3.05, 3.63) is 48.2 Å². The Balaban J connectivity index is 1.77. The van der Waals surface area contributed by atoms with Crippen molar-refractivity contribution in [2.75, 3.05) is 12.3 Å². The van der Waals surface area contributed by atoms with Gasteiger partial charge in [-0.25, -0.2) is 15.0 Å². The minimum Gasteiger partial charge on any atom is -0.394 e. The van der Waals surface area contributed by atoms with E-state index in [4.69, 9.17) is 10.5 Å². The summed E-state index contributed by atoms with van der Waals surface area (Å²) < 4.78 is 7.22. The Kier molecular flexibility index (Phi) is 4.49. The van der Waals surface area contributed by atoms with Crippen molar-refractivity contribution in [2.24, 2.45) is 0 Å². The molecule has 0 unspecified atom stereocenters. The predicted octanol–water partition coefficient (Wildman–Crippen LogP) is -0.190. The molecule has 0 aliphatic carbocycles. The number of nitrogens with two attached hydrogens (primary N) is 1. The second-order valence-electron chi connectivity index (χ2n) is 6.74. The van der Waals surface area contributed by atoms with Crippen LogP contribution in [0.25, 0.3) is 11.0 Å². The number of aliphatic hydroxyl groups excluding tert-OH is 2. The van der Waals surface area contributed by atoms with Crippen LogP contribution < -0.4 is 5.73 Å². The van der Waals surface area contributed by atoms with E-state index in [0.29, 0.717) is 16.7 Å². The van der Waals surface area contributed by atoms with Crippen LogP contribution in [0.15, 0.2) is 36.7 Å². The molecule has 5 N–H and O–H groups in total. The van der Waals surface area contributed by atoms with Gasteiger partial charge in [-0.1, -0.05) is 6.07 Å². The molecule has 0 aromatic carbocycles. The first-order chi connectivity index (χ1) is 13.4. The molecular weight excluding hydrogens is 362 g/mol. The fraction of sp³-hybridized carbons (Fsp3) is 0.316. The summed E-state index contributed by atoms with van der Waals surface area (Å²) >= 11 is 0. The zero-order chi connectivity index (χ0) is 19.9. The van der Waals surface area contributed by atoms with E-state index in [1.165, 1.54) is 6.92 Å². The molecule has 4 heterocycles. The van der Waals surface area contributed by atoms with E-state index >= 15 is 0 Å². The average molecular weight is 381 g/mol. The number of hydrogen-bond donors (Lipinski definition) is 4. The smallest absolute Gasteiger partial charge is 0.209 e. The highest BCUT2D eigenvalue weighted by Gasteiger charge is 2.53. The molecule has 4 atom stereocenters. The van der Waals surface area contributed by atoms with Crippen LogP contribution in [0.5, 0.6) is 0 Å². The van der Waals surface area contributed by atoms with Crippen LogP contribution >= 0.6 is 0 Å². The third-order valence-electron chi connectivity index (χ3n) is 4.76. The molecule has 1 aliphatic heterocycles. The van der Waals surface area contributed by atoms with Crippen molar-refractivity contribution in [1.29, 1.82) is 0 Å². The first-order valence-corrected chi connectivity index (χ1v) is 8.65. The highest BCUT2D eigenvalue weighted by atomic mass is 16.6. The van der Waals surface area contributed by atoms with Gasteiger partial charge in [-0.05, 0) is 37.0 Å². The second-order valence-corrected chi connectivity index (χ2v) is 6.74. The maximum atomic E-state index is 10.7. The zero-order valence-corrected chi connectivity index (χ0v) is 15.0. The lowest BCUT2D eigenvalue weighted by Gasteiger charge is -2.27. The molecule has 1 aliphatic rings. The maximum absolute atomic E-state index is 10.7. The first kappa shape index (κ1) is 18.3. The molecule has 0 spiro atoms. The van der Waals surface area contributed by atoms with Crippen LogP contribution in [-0.2, 0) is 4.74 Å². The number of aromatic nitrogens is 4. The van der Waals surface area contributed by atoms with E-state index in [1.54, 1.807) is 35.2 Å². The zero-order valence-electron chi connectivity index (χ0n) is 15.0. The molecule has 144 valence electrons. The number of hydrogen-bond acceptors (Lipinski definition) is 8. The normalized spacial score (nSPS) is 26.9. The summed E-state index contributed by atoms with van der Waals surface area (Å²) in [5.74, 6) is 6.11. The first-order valence-electron chi connectivity index (χ1n) is 8.65. The summed E-state index contributed by atoms with van der Waals surface area (Å²) in [5.41, 5.74) is 5.37. The van der Waals surface area contributed by atoms with Gasteiger partial charge in [0.05, 0.1) is 12.0 Å². The lowest BCUT2D eigenvalue weighted by molar-refractivity contribution is -0.0948. The molecule has 0 saturated carbocycles. The Morgan fingerprint density at radius 1 is 1.29 bits per heavy atom. The topological polar surface area (TPSA) is 140 Å². The number of pyridine rings is 1. The van der Waals surface area contributed by atoms with Crippen LogP contribution in [0.3, 0.4) is 0 Å². The predicted molar refractivity (Wildman–Crippen MR) is 99.8 cm³/mol. The van der Waals surface area contributed by atoms with Crippen molar-refractivity contribution in [3.63, 3.8) is 0 Å². The number of fused-ring (bicyclic) bond motifs is 1. The van der Waals surface area contributed by atoms with Crippen LogP contribution in [0.1, 0.15) is 24.7 Å². The summed E-state index contributed by atoms with van der Waals surface area (Å²) in [6, 6.07) is 7.07. The fourth-order valence-electron chi connectivity index (χ4n) is 3.25. The van der Waals surface area contributed by atoms with Crippen LogP contribution in [-0.4, -0.2) is 59.3 Å². The number of ether oxygens (including phenoxy) is 1. The standard InChI is InChI=1S/C19H19N5O4/c1-19(27)15(26)13(10-25)28-18(19)24-9-7-12-16(20)22-14(23-17(12)24)6-5-11-4-2-3-8-21-11/h2-4,7-9,13,15,18,25-27H,10H2,1H3,(H2,20,22,23)/t13-,15-,18-,19-/m1/s1. The lowest BCUT2D eigenvalue weighted by atomic mass is 9.96. The largest absolute Gasteiger partial charge is 0.394 e. The van der Waals surface area contributed by atoms with Crippen LogP contribution in [0.2, 0.25) is 0 Å². The van der Waals surface area contributed by atoms with Gasteiger partial charge in [-0.3, -0.25) is 0 Å². The van der Waals surface area contributed by atoms with Gasteiger partial charge >= 0.3 is 0 Å². The Morgan fingerprint density at radius 3 is 2.79 bits per heavy atom. The quantitative estimate of drug-likeness (QED) is 0.448. The van der Waals surface area contributed by atoms with E-state index in [9.17, 15) is 15.3 Å². The van der Waals surface area contributed by atoms with Gasteiger partial charge < -0.3 is 30.4 Å². The molecule has 1 fully saturated rings. The Bertz CT molecular complexity index is 1070. The summed E-state index contributed by atoms with van der Waals surface area (Å²) in [6.45, 7) is 1.01. The molecule has 3 aromatic heterocycles. The third-order valence-corrected chi connectivity index (χ3v) is 4.76. The van der Waals surface area contributed by atoms with Crippen LogP contribution in [0.4, 0.5) is 5.82 Å². The number of aliphatic hydroxyl groups is 3. The number of nitrogen functional groups attached to an aromatic ring is 1. The fourth-order valence-corrected chi connectivity index (χ4v) is 3.25. The van der Waals surface area contributed by atoms with Gasteiger partial charge in [0.2, 0.25) is 5.82 Å². The van der Waals surface area contributed by atoms with Crippen LogP contribution in [0, 0.1) is 11.8 Å². The minimum absolute atomic E-state index is 0.187. The van der Waals surface area contributed by atoms with E-state index < -0.39 is 30.6 Å². The molecule has 9 nitrogen and oxygen atoms in total. The van der Waals surface area contributed by atoms with E-state index in [1.807, 2.05) is 6.07 Å². The van der Waals surface area contributed by atoms with Gasteiger partial charge in [0, 0.05) is 12.4 Å². The monoisotopic (exact) mass is 381 g/mol. The van der Waals surface area contributed by atoms with Crippen molar-refractivity contribution >= 4 is 16.9 Å². The molecule has 0 radical (unpaired) electrons. The van der Waals surface area contributed by atoms with E-state index in [2.05, 4.69) is 26.8 Å². The Labute approximate surface area is 160 Å². The van der Waals surface area contributed by atoms with Gasteiger partial charge in [-0.2, -0.15) is 0 Å². The van der Waals surface area contributed by atoms with E-state index in [-0.39, 0.29) is 11.6 Å². The summed E-state index contributed by atoms with van der Waals surface area (Å²) in [7, 11) is 0. The molecule has 0 amide bonds. The number of anilines is 1. The highest BCUT2D eigenvalue weighted by Crippen LogP contribution is 2.39. The lowest BCUT2D eigenvalue weighted by Crippen LogP contribution is -2.44. The molecule has 1 saturated heterocycles.